The van der Waals surface area contributed by atoms with Crippen molar-refractivity contribution in [2.45, 2.75) is 19.4 Å². The Morgan fingerprint density at radius 1 is 1.50 bits per heavy atom. The number of aryl methyl sites for hydroxylation is 1. The molecule has 4 heteroatoms. The van der Waals surface area contributed by atoms with Crippen LogP contribution < -0.4 is 0 Å². The van der Waals surface area contributed by atoms with Crippen LogP contribution in [0.1, 0.15) is 23.7 Å². The second kappa shape index (κ2) is 4.11. The van der Waals surface area contributed by atoms with Gasteiger partial charge in [-0.1, -0.05) is 12.1 Å². The molecule has 0 unspecified atom stereocenters. The molecule has 0 bridgehead atoms. The van der Waals surface area contributed by atoms with Gasteiger partial charge in [-0.25, -0.2) is 0 Å². The third-order valence-electron chi connectivity index (χ3n) is 1.99. The van der Waals surface area contributed by atoms with Crippen molar-refractivity contribution in [1.82, 2.24) is 0 Å². The number of carboxylic acids is 1. The van der Waals surface area contributed by atoms with Gasteiger partial charge in [0.15, 0.2) is 0 Å². The van der Waals surface area contributed by atoms with E-state index in [0.29, 0.717) is 11.1 Å². The van der Waals surface area contributed by atoms with Crippen LogP contribution in [0.5, 0.6) is 5.75 Å². The van der Waals surface area contributed by atoms with Gasteiger partial charge in [0.2, 0.25) is 0 Å². The number of aliphatic carboxylic acids is 1. The van der Waals surface area contributed by atoms with Crippen molar-refractivity contribution < 1.29 is 20.1 Å². The molecule has 0 spiro atoms. The van der Waals surface area contributed by atoms with Crippen LogP contribution in [-0.2, 0) is 4.79 Å². The second-order valence-electron chi connectivity index (χ2n) is 3.16. The smallest absolute Gasteiger partial charge is 0.306 e. The molecule has 0 amide bonds. The van der Waals surface area contributed by atoms with E-state index in [1.54, 1.807) is 19.1 Å². The lowest BCUT2D eigenvalue weighted by molar-refractivity contribution is -0.139. The molecule has 14 heavy (non-hydrogen) atoms. The molecule has 0 saturated heterocycles. The molecular formula is C10H12O4. The fourth-order valence-electron chi connectivity index (χ4n) is 1.12. The van der Waals surface area contributed by atoms with Crippen LogP contribution >= 0.6 is 0 Å². The maximum atomic E-state index is 10.3. The van der Waals surface area contributed by atoms with Gasteiger partial charge in [-0.15, -0.1) is 0 Å². The first-order valence-electron chi connectivity index (χ1n) is 4.20. The van der Waals surface area contributed by atoms with E-state index in [1.165, 1.54) is 6.07 Å². The van der Waals surface area contributed by atoms with Crippen molar-refractivity contribution in [3.05, 3.63) is 29.3 Å². The molecule has 4 nitrogen and oxygen atoms in total. The number of carbonyl (C=O) groups is 1. The Labute approximate surface area is 81.4 Å². The summed E-state index contributed by atoms with van der Waals surface area (Å²) in [6.07, 6.45) is -1.43. The highest BCUT2D eigenvalue weighted by atomic mass is 16.4. The van der Waals surface area contributed by atoms with E-state index < -0.39 is 12.1 Å². The minimum absolute atomic E-state index is 0.0620. The van der Waals surface area contributed by atoms with E-state index in [1.807, 2.05) is 0 Å². The summed E-state index contributed by atoms with van der Waals surface area (Å²) in [7, 11) is 0. The van der Waals surface area contributed by atoms with Crippen molar-refractivity contribution >= 4 is 5.97 Å². The summed E-state index contributed by atoms with van der Waals surface area (Å²) in [6, 6.07) is 4.61. The van der Waals surface area contributed by atoms with Crippen molar-refractivity contribution in [3.63, 3.8) is 0 Å². The molecule has 0 aliphatic heterocycles. The zero-order valence-electron chi connectivity index (χ0n) is 7.77. The fourth-order valence-corrected chi connectivity index (χ4v) is 1.12. The minimum Gasteiger partial charge on any atom is -0.508 e. The Kier molecular flexibility index (Phi) is 3.09. The molecule has 1 atom stereocenters. The average molecular weight is 196 g/mol. The summed E-state index contributed by atoms with van der Waals surface area (Å²) in [5.41, 5.74) is 1.10. The van der Waals surface area contributed by atoms with Gasteiger partial charge in [-0.05, 0) is 24.1 Å². The van der Waals surface area contributed by atoms with E-state index in [2.05, 4.69) is 0 Å². The first kappa shape index (κ1) is 10.5. The van der Waals surface area contributed by atoms with Gasteiger partial charge in [-0.3, -0.25) is 4.79 Å². The number of aliphatic hydroxyl groups is 1. The van der Waals surface area contributed by atoms with Crippen LogP contribution in [0.2, 0.25) is 0 Å². The van der Waals surface area contributed by atoms with Crippen LogP contribution in [-0.4, -0.2) is 21.3 Å². The highest BCUT2D eigenvalue weighted by molar-refractivity contribution is 5.67. The van der Waals surface area contributed by atoms with Crippen molar-refractivity contribution in [2.24, 2.45) is 0 Å². The zero-order valence-corrected chi connectivity index (χ0v) is 7.77. The lowest BCUT2D eigenvalue weighted by Gasteiger charge is -2.09. The number of aromatic hydroxyl groups is 1. The molecule has 0 aromatic heterocycles. The summed E-state index contributed by atoms with van der Waals surface area (Å²) in [6.45, 7) is 1.72. The number of aliphatic hydroxyl groups excluding tert-OH is 1. The number of phenolic OH excluding ortho intramolecular Hbond substituents is 1. The van der Waals surface area contributed by atoms with Crippen molar-refractivity contribution in [1.29, 1.82) is 0 Å². The molecule has 0 saturated carbocycles. The maximum absolute atomic E-state index is 10.3. The first-order valence-corrected chi connectivity index (χ1v) is 4.20. The predicted octanol–water partition coefficient (Wildman–Crippen LogP) is 1.21. The van der Waals surface area contributed by atoms with Crippen molar-refractivity contribution in [3.8, 4) is 5.75 Å². The molecule has 0 heterocycles. The van der Waals surface area contributed by atoms with Gasteiger partial charge < -0.3 is 15.3 Å². The normalized spacial score (nSPS) is 12.4. The van der Waals surface area contributed by atoms with Gasteiger partial charge >= 0.3 is 5.97 Å². The van der Waals surface area contributed by atoms with Gasteiger partial charge in [0.1, 0.15) is 5.75 Å². The van der Waals surface area contributed by atoms with E-state index in [-0.39, 0.29) is 12.2 Å². The zero-order chi connectivity index (χ0) is 10.7. The Balaban J connectivity index is 2.85. The molecule has 1 aromatic carbocycles. The lowest BCUT2D eigenvalue weighted by atomic mass is 10.0. The number of rotatable bonds is 3. The SMILES string of the molecule is Cc1ccc([C@H](O)CC(=O)O)cc1O. The van der Waals surface area contributed by atoms with E-state index in [9.17, 15) is 15.0 Å². The van der Waals surface area contributed by atoms with Crippen LogP contribution in [0.25, 0.3) is 0 Å². The van der Waals surface area contributed by atoms with Crippen LogP contribution in [0.4, 0.5) is 0 Å². The van der Waals surface area contributed by atoms with E-state index >= 15 is 0 Å². The van der Waals surface area contributed by atoms with Gasteiger partial charge in [0.05, 0.1) is 12.5 Å². The number of phenols is 1. The van der Waals surface area contributed by atoms with Gasteiger partial charge in [-0.2, -0.15) is 0 Å². The highest BCUT2D eigenvalue weighted by Gasteiger charge is 2.12. The van der Waals surface area contributed by atoms with Crippen LogP contribution in [0, 0.1) is 6.92 Å². The predicted molar refractivity (Wildman–Crippen MR) is 50.1 cm³/mol. The standard InChI is InChI=1S/C10H12O4/c1-6-2-3-7(4-8(6)11)9(12)5-10(13)14/h2-4,9,11-12H,5H2,1H3,(H,13,14)/t9-/m1/s1. The Bertz CT molecular complexity index is 346. The number of hydrogen-bond donors (Lipinski definition) is 3. The van der Waals surface area contributed by atoms with Crippen molar-refractivity contribution in [2.75, 3.05) is 0 Å². The minimum atomic E-state index is -1.07. The molecule has 0 aliphatic carbocycles. The number of hydrogen-bond acceptors (Lipinski definition) is 3. The number of benzene rings is 1. The quantitative estimate of drug-likeness (QED) is 0.679. The summed E-state index contributed by atoms with van der Waals surface area (Å²) < 4.78 is 0. The fraction of sp³-hybridized carbons (Fsp3) is 0.300. The third-order valence-corrected chi connectivity index (χ3v) is 1.99. The summed E-state index contributed by atoms with van der Waals surface area (Å²) in [5.74, 6) is -1.01. The van der Waals surface area contributed by atoms with Gasteiger partial charge in [0, 0.05) is 0 Å². The van der Waals surface area contributed by atoms with Crippen LogP contribution in [0.15, 0.2) is 18.2 Å². The molecule has 0 fully saturated rings. The third kappa shape index (κ3) is 2.47. The molecule has 1 rings (SSSR count). The molecule has 1 aromatic rings. The summed E-state index contributed by atoms with van der Waals surface area (Å²) in [4.78, 5) is 10.3. The number of carboxylic acid groups (broad SMARTS) is 1. The molecular weight excluding hydrogens is 184 g/mol. The topological polar surface area (TPSA) is 77.8 Å². The monoisotopic (exact) mass is 196 g/mol. The van der Waals surface area contributed by atoms with E-state index in [4.69, 9.17) is 5.11 Å². The van der Waals surface area contributed by atoms with E-state index in [0.717, 1.165) is 0 Å². The molecule has 0 radical (unpaired) electrons. The van der Waals surface area contributed by atoms with Crippen LogP contribution in [0.3, 0.4) is 0 Å². The average Bonchev–Trinajstić information content (AvgIpc) is 2.08. The Hall–Kier alpha value is -1.55. The highest BCUT2D eigenvalue weighted by Crippen LogP contribution is 2.23. The molecule has 76 valence electrons. The van der Waals surface area contributed by atoms with Gasteiger partial charge in [0.25, 0.3) is 0 Å². The Morgan fingerprint density at radius 3 is 2.64 bits per heavy atom. The summed E-state index contributed by atoms with van der Waals surface area (Å²) in [5, 5.41) is 27.2. The molecule has 0 aliphatic rings. The first-order chi connectivity index (χ1) is 6.50. The Morgan fingerprint density at radius 2 is 2.14 bits per heavy atom. The summed E-state index contributed by atoms with van der Waals surface area (Å²) >= 11 is 0. The second-order valence-corrected chi connectivity index (χ2v) is 3.16. The maximum Gasteiger partial charge on any atom is 0.306 e. The lowest BCUT2D eigenvalue weighted by Crippen LogP contribution is -2.05. The molecule has 3 N–H and O–H groups in total. The largest absolute Gasteiger partial charge is 0.508 e.